The van der Waals surface area contributed by atoms with Gasteiger partial charge >= 0.3 is 0 Å². The molecule has 0 fully saturated rings. The van der Waals surface area contributed by atoms with Gasteiger partial charge in [-0.25, -0.2) is 0 Å². The van der Waals surface area contributed by atoms with Gasteiger partial charge in [-0.2, -0.15) is 0 Å². The van der Waals surface area contributed by atoms with Crippen molar-refractivity contribution in [2.24, 2.45) is 5.92 Å². The topological polar surface area (TPSA) is 93.5 Å². The van der Waals surface area contributed by atoms with Crippen LogP contribution in [0, 0.1) is 23.0 Å². The lowest BCUT2D eigenvalue weighted by atomic mass is 10.2. The van der Waals surface area contributed by atoms with E-state index in [9.17, 15) is 14.9 Å². The van der Waals surface area contributed by atoms with E-state index in [0.29, 0.717) is 35.1 Å². The molecule has 0 aliphatic heterocycles. The van der Waals surface area contributed by atoms with Gasteiger partial charge in [0.05, 0.1) is 11.5 Å². The molecule has 2 aromatic carbocycles. The fourth-order valence-electron chi connectivity index (χ4n) is 2.26. The van der Waals surface area contributed by atoms with Gasteiger partial charge in [-0.15, -0.1) is 0 Å². The summed E-state index contributed by atoms with van der Waals surface area (Å²) < 4.78 is 5.62. The Morgan fingerprint density at radius 2 is 2.04 bits per heavy atom. The smallest absolute Gasteiger partial charge is 0.288 e. The maximum Gasteiger partial charge on any atom is 0.288 e. The summed E-state index contributed by atoms with van der Waals surface area (Å²) in [7, 11) is 0. The van der Waals surface area contributed by atoms with Crippen molar-refractivity contribution in [2.75, 3.05) is 11.9 Å². The van der Waals surface area contributed by atoms with E-state index >= 15 is 0 Å². The van der Waals surface area contributed by atoms with Gasteiger partial charge in [0, 0.05) is 17.3 Å². The number of rotatable bonds is 6. The molecule has 0 saturated heterocycles. The summed E-state index contributed by atoms with van der Waals surface area (Å²) in [6.07, 6.45) is 0. The van der Waals surface area contributed by atoms with Gasteiger partial charge in [-0.05, 0) is 54.9 Å². The molecule has 2 aromatic rings. The van der Waals surface area contributed by atoms with Crippen LogP contribution >= 0.6 is 23.8 Å². The van der Waals surface area contributed by atoms with Crippen molar-refractivity contribution in [3.8, 4) is 5.75 Å². The van der Waals surface area contributed by atoms with E-state index in [1.54, 1.807) is 31.2 Å². The fraction of sp³-hybridized carbons (Fsp3) is 0.263. The number of aryl methyl sites for hydroxylation is 1. The average molecular weight is 422 g/mol. The van der Waals surface area contributed by atoms with Crippen LogP contribution in [0.1, 0.15) is 29.8 Å². The first-order valence-electron chi connectivity index (χ1n) is 8.47. The minimum absolute atomic E-state index is 0.0257. The molecule has 0 aromatic heterocycles. The molecule has 148 valence electrons. The van der Waals surface area contributed by atoms with Crippen molar-refractivity contribution in [3.63, 3.8) is 0 Å². The van der Waals surface area contributed by atoms with Gasteiger partial charge < -0.3 is 10.1 Å². The summed E-state index contributed by atoms with van der Waals surface area (Å²) >= 11 is 11.1. The number of thiocarbonyl (C=S) groups is 1. The molecule has 2 rings (SSSR count). The second-order valence-electron chi connectivity index (χ2n) is 6.52. The lowest BCUT2D eigenvalue weighted by Gasteiger charge is -2.13. The van der Waals surface area contributed by atoms with E-state index in [2.05, 4.69) is 10.6 Å². The molecule has 0 unspecified atom stereocenters. The van der Waals surface area contributed by atoms with Crippen molar-refractivity contribution < 1.29 is 14.5 Å². The first-order valence-corrected chi connectivity index (χ1v) is 9.25. The Morgan fingerprint density at radius 1 is 1.32 bits per heavy atom. The highest BCUT2D eigenvalue weighted by Gasteiger charge is 2.16. The number of nitro groups is 1. The van der Waals surface area contributed by atoms with Crippen molar-refractivity contribution in [1.82, 2.24) is 5.32 Å². The van der Waals surface area contributed by atoms with Crippen LogP contribution in [0.15, 0.2) is 36.4 Å². The third-order valence-corrected chi connectivity index (χ3v) is 4.15. The standard InChI is InChI=1S/C19H20ClN3O4S/c1-11(2)10-27-14-6-4-5-13(8-14)18(24)22-19(28)21-16-9-15(20)17(23(25)26)7-12(16)3/h4-9,11H,10H2,1-3H3,(H2,21,22,24,28). The van der Waals surface area contributed by atoms with Crippen molar-refractivity contribution >= 4 is 46.2 Å². The number of benzene rings is 2. The Bertz CT molecular complexity index is 918. The Balaban J connectivity index is 2.05. The van der Waals surface area contributed by atoms with Gasteiger partial charge in [-0.1, -0.05) is 31.5 Å². The highest BCUT2D eigenvalue weighted by atomic mass is 35.5. The summed E-state index contributed by atoms with van der Waals surface area (Å²) in [5, 5.41) is 16.4. The molecule has 0 saturated carbocycles. The molecule has 28 heavy (non-hydrogen) atoms. The highest BCUT2D eigenvalue weighted by molar-refractivity contribution is 7.80. The lowest BCUT2D eigenvalue weighted by Crippen LogP contribution is -2.34. The molecule has 0 heterocycles. The number of hydrogen-bond donors (Lipinski definition) is 2. The van der Waals surface area contributed by atoms with Gasteiger partial charge in [0.1, 0.15) is 10.8 Å². The zero-order chi connectivity index (χ0) is 20.8. The third kappa shape index (κ3) is 5.90. The second kappa shape index (κ2) is 9.48. The van der Waals surface area contributed by atoms with Crippen LogP contribution in [-0.2, 0) is 0 Å². The number of carbonyl (C=O) groups is 1. The Kier molecular flexibility index (Phi) is 7.31. The van der Waals surface area contributed by atoms with E-state index in [1.807, 2.05) is 13.8 Å². The number of nitrogens with zero attached hydrogens (tertiary/aromatic N) is 1. The number of amides is 1. The summed E-state index contributed by atoms with van der Waals surface area (Å²) in [4.78, 5) is 22.8. The molecule has 9 heteroatoms. The fourth-order valence-corrected chi connectivity index (χ4v) is 2.70. The summed E-state index contributed by atoms with van der Waals surface area (Å²) in [6, 6.07) is 9.51. The molecule has 0 aliphatic rings. The SMILES string of the molecule is Cc1cc([N+](=O)[O-])c(Cl)cc1NC(=S)NC(=O)c1cccc(OCC(C)C)c1. The van der Waals surface area contributed by atoms with Crippen molar-refractivity contribution in [2.45, 2.75) is 20.8 Å². The van der Waals surface area contributed by atoms with Gasteiger partial charge in [-0.3, -0.25) is 20.2 Å². The predicted molar refractivity (Wildman–Crippen MR) is 113 cm³/mol. The maximum atomic E-state index is 12.4. The van der Waals surface area contributed by atoms with Crippen LogP contribution < -0.4 is 15.4 Å². The molecule has 1 amide bonds. The summed E-state index contributed by atoms with van der Waals surface area (Å²) in [5.74, 6) is 0.558. The number of hydrogen-bond acceptors (Lipinski definition) is 5. The number of carbonyl (C=O) groups excluding carboxylic acids is 1. The normalized spacial score (nSPS) is 10.5. The Labute approximate surface area is 173 Å². The monoisotopic (exact) mass is 421 g/mol. The van der Waals surface area contributed by atoms with Crippen molar-refractivity contribution in [3.05, 3.63) is 62.7 Å². The second-order valence-corrected chi connectivity index (χ2v) is 7.33. The third-order valence-electron chi connectivity index (χ3n) is 3.65. The average Bonchev–Trinajstić information content (AvgIpc) is 2.62. The van der Waals surface area contributed by atoms with E-state index in [1.165, 1.54) is 12.1 Å². The minimum atomic E-state index is -0.562. The van der Waals surface area contributed by atoms with Crippen molar-refractivity contribution in [1.29, 1.82) is 0 Å². The lowest BCUT2D eigenvalue weighted by molar-refractivity contribution is -0.384. The number of anilines is 1. The zero-order valence-corrected chi connectivity index (χ0v) is 17.2. The van der Waals surface area contributed by atoms with E-state index in [-0.39, 0.29) is 15.8 Å². The number of halogens is 1. The molecular formula is C19H20ClN3O4S. The number of nitrogens with one attached hydrogen (secondary N) is 2. The highest BCUT2D eigenvalue weighted by Crippen LogP contribution is 2.30. The minimum Gasteiger partial charge on any atom is -0.493 e. The quantitative estimate of drug-likeness (QED) is 0.398. The first kappa shape index (κ1) is 21.6. The molecule has 0 bridgehead atoms. The van der Waals surface area contributed by atoms with Crippen LogP contribution in [0.2, 0.25) is 5.02 Å². The molecule has 7 nitrogen and oxygen atoms in total. The van der Waals surface area contributed by atoms with Crippen LogP contribution in [0.25, 0.3) is 0 Å². The molecule has 0 atom stereocenters. The van der Waals surface area contributed by atoms with Crippen LogP contribution in [0.5, 0.6) is 5.75 Å². The summed E-state index contributed by atoms with van der Waals surface area (Å²) in [5.41, 5.74) is 1.23. The van der Waals surface area contributed by atoms with E-state index in [4.69, 9.17) is 28.6 Å². The molecule has 2 N–H and O–H groups in total. The maximum absolute atomic E-state index is 12.4. The number of ether oxygens (including phenoxy) is 1. The van der Waals surface area contributed by atoms with Crippen LogP contribution in [0.3, 0.4) is 0 Å². The molecule has 0 spiro atoms. The van der Waals surface area contributed by atoms with E-state index in [0.717, 1.165) is 0 Å². The number of nitro benzene ring substituents is 1. The largest absolute Gasteiger partial charge is 0.493 e. The molecule has 0 radical (unpaired) electrons. The van der Waals surface area contributed by atoms with Gasteiger partial charge in [0.25, 0.3) is 11.6 Å². The summed E-state index contributed by atoms with van der Waals surface area (Å²) in [6.45, 7) is 6.29. The molecule has 0 aliphatic carbocycles. The predicted octanol–water partition coefficient (Wildman–Crippen LogP) is 4.72. The van der Waals surface area contributed by atoms with Gasteiger partial charge in [0.2, 0.25) is 0 Å². The van der Waals surface area contributed by atoms with Gasteiger partial charge in [0.15, 0.2) is 5.11 Å². The molecular weight excluding hydrogens is 402 g/mol. The van der Waals surface area contributed by atoms with Crippen LogP contribution in [0.4, 0.5) is 11.4 Å². The van der Waals surface area contributed by atoms with Crippen LogP contribution in [-0.4, -0.2) is 22.5 Å². The first-order chi connectivity index (χ1) is 13.2. The zero-order valence-electron chi connectivity index (χ0n) is 15.6. The Hall–Kier alpha value is -2.71. The van der Waals surface area contributed by atoms with E-state index < -0.39 is 10.8 Å². The Morgan fingerprint density at radius 3 is 2.68 bits per heavy atom.